The third-order valence-corrected chi connectivity index (χ3v) is 3.61. The van der Waals surface area contributed by atoms with E-state index in [4.69, 9.17) is 9.47 Å². The number of hydrogen-bond donors (Lipinski definition) is 1. The van der Waals surface area contributed by atoms with Crippen molar-refractivity contribution in [2.24, 2.45) is 0 Å². The summed E-state index contributed by atoms with van der Waals surface area (Å²) in [4.78, 5) is 24.3. The minimum atomic E-state index is -0.891. The van der Waals surface area contributed by atoms with Gasteiger partial charge in [0, 0.05) is 4.43 Å². The average molecular weight is 439 g/mol. The number of nitrogens with one attached hydrogen (secondary N) is 1. The third-order valence-electron chi connectivity index (χ3n) is 3.17. The van der Waals surface area contributed by atoms with Crippen molar-refractivity contribution in [1.82, 2.24) is 5.32 Å². The van der Waals surface area contributed by atoms with Crippen LogP contribution in [-0.2, 0) is 20.9 Å². The molecule has 2 rings (SSSR count). The maximum atomic E-state index is 12.2. The van der Waals surface area contributed by atoms with E-state index in [0.29, 0.717) is 16.6 Å². The van der Waals surface area contributed by atoms with Crippen LogP contribution in [0.1, 0.15) is 17.2 Å². The van der Waals surface area contributed by atoms with Crippen LogP contribution in [0.2, 0.25) is 0 Å². The molecule has 1 N–H and O–H groups in total. The van der Waals surface area contributed by atoms with Crippen LogP contribution in [0.4, 0.5) is 4.79 Å². The predicted molar refractivity (Wildman–Crippen MR) is 98.8 cm³/mol. The maximum Gasteiger partial charge on any atom is 0.408 e. The van der Waals surface area contributed by atoms with Crippen LogP contribution in [0.5, 0.6) is 0 Å². The molecule has 1 atom stereocenters. The van der Waals surface area contributed by atoms with Crippen LogP contribution in [-0.4, -0.2) is 23.1 Å². The van der Waals surface area contributed by atoms with Crippen molar-refractivity contribution in [3.05, 3.63) is 71.8 Å². The lowest BCUT2D eigenvalue weighted by Gasteiger charge is -2.17. The first-order chi connectivity index (χ1) is 11.7. The van der Waals surface area contributed by atoms with Crippen molar-refractivity contribution in [2.75, 3.05) is 11.0 Å². The van der Waals surface area contributed by atoms with Crippen LogP contribution < -0.4 is 5.32 Å². The normalized spacial score (nSPS) is 11.4. The molecule has 0 aliphatic carbocycles. The zero-order valence-electron chi connectivity index (χ0n) is 13.0. The Balaban J connectivity index is 1.99. The van der Waals surface area contributed by atoms with Gasteiger partial charge in [-0.1, -0.05) is 83.3 Å². The van der Waals surface area contributed by atoms with E-state index in [1.54, 1.807) is 24.3 Å². The Hall–Kier alpha value is -2.09. The number of esters is 1. The van der Waals surface area contributed by atoms with Gasteiger partial charge in [-0.05, 0) is 11.1 Å². The Labute approximate surface area is 154 Å². The molecule has 5 nitrogen and oxygen atoms in total. The quantitative estimate of drug-likeness (QED) is 0.407. The van der Waals surface area contributed by atoms with Gasteiger partial charge in [0.25, 0.3) is 0 Å². The standard InChI is InChI=1S/C18H18INO4/c19-11-12-23-17(21)16(15-9-5-2-6-10-15)20-18(22)24-13-14-7-3-1-4-8-14/h1-10,16H,11-13H2,(H,20,22)/t16-/m1/s1. The lowest BCUT2D eigenvalue weighted by atomic mass is 10.1. The van der Waals surface area contributed by atoms with Gasteiger partial charge in [0.05, 0.1) is 0 Å². The molecule has 6 heteroatoms. The number of alkyl carbamates (subject to hydrolysis) is 1. The summed E-state index contributed by atoms with van der Waals surface area (Å²) < 4.78 is 11.0. The molecular weight excluding hydrogens is 421 g/mol. The molecule has 0 heterocycles. The number of ether oxygens (including phenoxy) is 2. The van der Waals surface area contributed by atoms with Gasteiger partial charge in [0.2, 0.25) is 0 Å². The molecule has 1 amide bonds. The summed E-state index contributed by atoms with van der Waals surface area (Å²) in [5.74, 6) is -0.505. The third kappa shape index (κ3) is 5.84. The Morgan fingerprint density at radius 3 is 2.21 bits per heavy atom. The fourth-order valence-electron chi connectivity index (χ4n) is 2.03. The zero-order valence-corrected chi connectivity index (χ0v) is 15.1. The number of carbonyl (C=O) groups is 2. The summed E-state index contributed by atoms with van der Waals surface area (Å²) in [6.07, 6.45) is -0.667. The van der Waals surface area contributed by atoms with Crippen molar-refractivity contribution in [3.8, 4) is 0 Å². The van der Waals surface area contributed by atoms with E-state index in [0.717, 1.165) is 5.56 Å². The van der Waals surface area contributed by atoms with E-state index in [2.05, 4.69) is 27.9 Å². The molecular formula is C18H18INO4. The van der Waals surface area contributed by atoms with Gasteiger partial charge in [-0.15, -0.1) is 0 Å². The van der Waals surface area contributed by atoms with Crippen LogP contribution in [0, 0.1) is 0 Å². The number of benzene rings is 2. The summed E-state index contributed by atoms with van der Waals surface area (Å²) >= 11 is 2.11. The van der Waals surface area contributed by atoms with E-state index in [-0.39, 0.29) is 6.61 Å². The molecule has 126 valence electrons. The first-order valence-corrected chi connectivity index (χ1v) is 8.98. The van der Waals surface area contributed by atoms with Gasteiger partial charge in [0.15, 0.2) is 6.04 Å². The molecule has 0 bridgehead atoms. The fraction of sp³-hybridized carbons (Fsp3) is 0.222. The second-order valence-electron chi connectivity index (χ2n) is 4.91. The van der Waals surface area contributed by atoms with Crippen LogP contribution in [0.15, 0.2) is 60.7 Å². The van der Waals surface area contributed by atoms with E-state index in [1.807, 2.05) is 36.4 Å². The maximum absolute atomic E-state index is 12.2. The highest BCUT2D eigenvalue weighted by molar-refractivity contribution is 14.1. The highest BCUT2D eigenvalue weighted by Crippen LogP contribution is 2.15. The average Bonchev–Trinajstić information content (AvgIpc) is 2.64. The highest BCUT2D eigenvalue weighted by atomic mass is 127. The minimum absolute atomic E-state index is 0.136. The highest BCUT2D eigenvalue weighted by Gasteiger charge is 2.24. The van der Waals surface area contributed by atoms with E-state index >= 15 is 0 Å². The van der Waals surface area contributed by atoms with Gasteiger partial charge in [-0.25, -0.2) is 9.59 Å². The molecule has 0 saturated heterocycles. The molecule has 0 saturated carbocycles. The van der Waals surface area contributed by atoms with Crippen molar-refractivity contribution in [3.63, 3.8) is 0 Å². The molecule has 0 spiro atoms. The van der Waals surface area contributed by atoms with E-state index in [1.165, 1.54) is 0 Å². The predicted octanol–water partition coefficient (Wildman–Crippen LogP) is 3.63. The second kappa shape index (κ2) is 9.92. The number of rotatable bonds is 7. The Bertz CT molecular complexity index is 649. The van der Waals surface area contributed by atoms with Gasteiger partial charge >= 0.3 is 12.1 Å². The minimum Gasteiger partial charge on any atom is -0.463 e. The van der Waals surface area contributed by atoms with Gasteiger partial charge in [-0.3, -0.25) is 0 Å². The van der Waals surface area contributed by atoms with Crippen LogP contribution in [0.3, 0.4) is 0 Å². The smallest absolute Gasteiger partial charge is 0.408 e. The molecule has 0 unspecified atom stereocenters. The molecule has 2 aromatic rings. The summed E-state index contributed by atoms with van der Waals surface area (Å²) in [6.45, 7) is 0.431. The molecule has 0 radical (unpaired) electrons. The van der Waals surface area contributed by atoms with Crippen molar-refractivity contribution >= 4 is 34.7 Å². The zero-order chi connectivity index (χ0) is 17.2. The van der Waals surface area contributed by atoms with Crippen molar-refractivity contribution in [2.45, 2.75) is 12.6 Å². The number of hydrogen-bond acceptors (Lipinski definition) is 4. The monoisotopic (exact) mass is 439 g/mol. The van der Waals surface area contributed by atoms with Gasteiger partial charge in [0.1, 0.15) is 13.2 Å². The summed E-state index contributed by atoms with van der Waals surface area (Å²) in [5, 5.41) is 2.57. The fourth-order valence-corrected chi connectivity index (χ4v) is 2.25. The summed E-state index contributed by atoms with van der Waals surface area (Å²) in [7, 11) is 0. The SMILES string of the molecule is O=C(N[C@@H](C(=O)OCCI)c1ccccc1)OCc1ccccc1. The van der Waals surface area contributed by atoms with Crippen LogP contribution in [0.25, 0.3) is 0 Å². The van der Waals surface area contributed by atoms with E-state index < -0.39 is 18.1 Å². The van der Waals surface area contributed by atoms with Gasteiger partial charge in [-0.2, -0.15) is 0 Å². The Morgan fingerprint density at radius 1 is 0.958 bits per heavy atom. The topological polar surface area (TPSA) is 64.6 Å². The van der Waals surface area contributed by atoms with Crippen molar-refractivity contribution in [1.29, 1.82) is 0 Å². The largest absolute Gasteiger partial charge is 0.463 e. The first kappa shape index (κ1) is 18.3. The van der Waals surface area contributed by atoms with E-state index in [9.17, 15) is 9.59 Å². The van der Waals surface area contributed by atoms with Gasteiger partial charge < -0.3 is 14.8 Å². The number of carbonyl (C=O) groups excluding carboxylic acids is 2. The Morgan fingerprint density at radius 2 is 1.58 bits per heavy atom. The molecule has 0 fully saturated rings. The number of amides is 1. The molecule has 0 aliphatic heterocycles. The molecule has 0 aromatic heterocycles. The number of halogens is 1. The van der Waals surface area contributed by atoms with Crippen molar-refractivity contribution < 1.29 is 19.1 Å². The summed E-state index contributed by atoms with van der Waals surface area (Å²) in [5.41, 5.74) is 1.52. The molecule has 2 aromatic carbocycles. The molecule has 24 heavy (non-hydrogen) atoms. The number of alkyl halides is 1. The summed E-state index contributed by atoms with van der Waals surface area (Å²) in [6, 6.07) is 17.4. The lowest BCUT2D eigenvalue weighted by Crippen LogP contribution is -2.35. The Kier molecular flexibility index (Phi) is 7.54. The van der Waals surface area contributed by atoms with Crippen LogP contribution >= 0.6 is 22.6 Å². The first-order valence-electron chi connectivity index (χ1n) is 7.45. The second-order valence-corrected chi connectivity index (χ2v) is 5.98. The molecule has 0 aliphatic rings. The lowest BCUT2D eigenvalue weighted by molar-refractivity contribution is -0.145.